The molecule has 0 saturated carbocycles. The number of hydrogen-bond donors (Lipinski definition) is 2. The molecule has 3 aromatic carbocycles. The van der Waals surface area contributed by atoms with Crippen molar-refractivity contribution in [3.8, 4) is 22.9 Å². The van der Waals surface area contributed by atoms with Crippen LogP contribution in [0.25, 0.3) is 33.9 Å². The monoisotopic (exact) mass is 423 g/mol. The molecule has 32 heavy (non-hydrogen) atoms. The third-order valence-electron chi connectivity index (χ3n) is 5.28. The fraction of sp³-hybridized carbons (Fsp3) is 0.120. The maximum absolute atomic E-state index is 12.7. The molecule has 1 atom stereocenters. The lowest BCUT2D eigenvalue weighted by Crippen LogP contribution is -2.27. The molecule has 7 nitrogen and oxygen atoms in total. The largest absolute Gasteiger partial charge is 0.416 e. The molecule has 0 bridgehead atoms. The zero-order valence-electron chi connectivity index (χ0n) is 17.7. The number of hydrogen-bond acceptors (Lipinski definition) is 5. The first kappa shape index (κ1) is 19.7. The second-order valence-corrected chi connectivity index (χ2v) is 7.69. The number of imidazole rings is 1. The Labute approximate surface area is 184 Å². The quantitative estimate of drug-likeness (QED) is 0.411. The van der Waals surface area contributed by atoms with Crippen molar-refractivity contribution in [1.82, 2.24) is 25.5 Å². The highest BCUT2D eigenvalue weighted by atomic mass is 16.4. The van der Waals surface area contributed by atoms with E-state index in [1.54, 1.807) is 24.3 Å². The smallest absolute Gasteiger partial charge is 0.251 e. The Morgan fingerprint density at radius 2 is 1.53 bits per heavy atom. The molecule has 0 aliphatic heterocycles. The summed E-state index contributed by atoms with van der Waals surface area (Å²) in [7, 11) is 0. The van der Waals surface area contributed by atoms with Gasteiger partial charge in [0, 0.05) is 16.7 Å². The molecule has 5 aromatic rings. The van der Waals surface area contributed by atoms with E-state index in [1.807, 2.05) is 62.4 Å². The molecule has 0 spiro atoms. The molecular formula is C25H21N5O2. The van der Waals surface area contributed by atoms with E-state index in [1.165, 1.54) is 0 Å². The van der Waals surface area contributed by atoms with Crippen LogP contribution in [-0.2, 0) is 0 Å². The van der Waals surface area contributed by atoms with E-state index in [2.05, 4.69) is 25.5 Å². The third-order valence-corrected chi connectivity index (χ3v) is 5.28. The fourth-order valence-electron chi connectivity index (χ4n) is 3.44. The van der Waals surface area contributed by atoms with Gasteiger partial charge in [-0.25, -0.2) is 4.98 Å². The second kappa shape index (κ2) is 8.11. The number of amides is 1. The lowest BCUT2D eigenvalue weighted by molar-refractivity contribution is 0.0938. The SMILES string of the molecule is Cc1ccc(-c2nnc(-c3ccc(C(=O)NC(C)c4nc5ccccc5[nH]4)cc3)o2)cc1. The van der Waals surface area contributed by atoms with E-state index in [9.17, 15) is 4.79 Å². The maximum atomic E-state index is 12.7. The number of carbonyl (C=O) groups is 1. The number of para-hydroxylation sites is 2. The van der Waals surface area contributed by atoms with Gasteiger partial charge in [-0.2, -0.15) is 0 Å². The average Bonchev–Trinajstić information content (AvgIpc) is 3.47. The summed E-state index contributed by atoms with van der Waals surface area (Å²) in [6.45, 7) is 3.92. The fourth-order valence-corrected chi connectivity index (χ4v) is 3.44. The van der Waals surface area contributed by atoms with Crippen LogP contribution in [0.4, 0.5) is 0 Å². The molecular weight excluding hydrogens is 402 g/mol. The Hall–Kier alpha value is -4.26. The summed E-state index contributed by atoms with van der Waals surface area (Å²) < 4.78 is 5.81. The number of carbonyl (C=O) groups excluding carboxylic acids is 1. The van der Waals surface area contributed by atoms with Crippen LogP contribution in [0.2, 0.25) is 0 Å². The van der Waals surface area contributed by atoms with E-state index in [0.717, 1.165) is 27.7 Å². The Morgan fingerprint density at radius 3 is 2.19 bits per heavy atom. The molecule has 1 unspecified atom stereocenters. The predicted molar refractivity (Wildman–Crippen MR) is 122 cm³/mol. The van der Waals surface area contributed by atoms with Crippen molar-refractivity contribution in [2.75, 3.05) is 0 Å². The van der Waals surface area contributed by atoms with Crippen LogP contribution in [-0.4, -0.2) is 26.1 Å². The van der Waals surface area contributed by atoms with Crippen molar-refractivity contribution in [3.63, 3.8) is 0 Å². The molecule has 1 amide bonds. The van der Waals surface area contributed by atoms with Gasteiger partial charge in [0.25, 0.3) is 5.91 Å². The van der Waals surface area contributed by atoms with Crippen molar-refractivity contribution in [2.45, 2.75) is 19.9 Å². The van der Waals surface area contributed by atoms with Crippen LogP contribution in [0.1, 0.15) is 34.7 Å². The first-order valence-electron chi connectivity index (χ1n) is 10.3. The van der Waals surface area contributed by atoms with Crippen molar-refractivity contribution in [2.24, 2.45) is 0 Å². The van der Waals surface area contributed by atoms with Gasteiger partial charge in [-0.05, 0) is 62.4 Å². The second-order valence-electron chi connectivity index (χ2n) is 7.69. The minimum Gasteiger partial charge on any atom is -0.416 e. The number of H-pyrrole nitrogens is 1. The summed E-state index contributed by atoms with van der Waals surface area (Å²) >= 11 is 0. The number of fused-ring (bicyclic) bond motifs is 1. The summed E-state index contributed by atoms with van der Waals surface area (Å²) in [5.41, 5.74) is 5.13. The van der Waals surface area contributed by atoms with E-state index >= 15 is 0 Å². The summed E-state index contributed by atoms with van der Waals surface area (Å²) in [4.78, 5) is 20.5. The van der Waals surface area contributed by atoms with Gasteiger partial charge in [0.2, 0.25) is 11.8 Å². The Morgan fingerprint density at radius 1 is 0.906 bits per heavy atom. The Bertz CT molecular complexity index is 1350. The zero-order chi connectivity index (χ0) is 22.1. The highest BCUT2D eigenvalue weighted by Gasteiger charge is 2.16. The van der Waals surface area contributed by atoms with Gasteiger partial charge >= 0.3 is 0 Å². The van der Waals surface area contributed by atoms with E-state index < -0.39 is 0 Å². The molecule has 5 rings (SSSR count). The summed E-state index contributed by atoms with van der Waals surface area (Å²) in [6.07, 6.45) is 0. The lowest BCUT2D eigenvalue weighted by Gasteiger charge is -2.11. The molecule has 158 valence electrons. The average molecular weight is 423 g/mol. The van der Waals surface area contributed by atoms with Crippen molar-refractivity contribution in [3.05, 3.63) is 89.7 Å². The van der Waals surface area contributed by atoms with Crippen LogP contribution in [0.3, 0.4) is 0 Å². The van der Waals surface area contributed by atoms with Gasteiger partial charge < -0.3 is 14.7 Å². The normalized spacial score (nSPS) is 12.1. The van der Waals surface area contributed by atoms with Crippen molar-refractivity contribution >= 4 is 16.9 Å². The molecule has 7 heteroatoms. The first-order chi connectivity index (χ1) is 15.6. The van der Waals surface area contributed by atoms with Gasteiger partial charge in [0.05, 0.1) is 17.1 Å². The number of nitrogens with one attached hydrogen (secondary N) is 2. The molecule has 0 aliphatic rings. The standard InChI is InChI=1S/C25H21N5O2/c1-15-7-9-18(10-8-15)24-29-30-25(32-24)19-13-11-17(12-14-19)23(31)26-16(2)22-27-20-5-3-4-6-21(20)28-22/h3-14,16H,1-2H3,(H,26,31)(H,27,28). The van der Waals surface area contributed by atoms with Gasteiger partial charge in [-0.1, -0.05) is 29.8 Å². The highest BCUT2D eigenvalue weighted by Crippen LogP contribution is 2.24. The Balaban J connectivity index is 1.29. The number of nitrogens with zero attached hydrogens (tertiary/aromatic N) is 3. The highest BCUT2D eigenvalue weighted by molar-refractivity contribution is 5.94. The lowest BCUT2D eigenvalue weighted by atomic mass is 10.1. The topological polar surface area (TPSA) is 96.7 Å². The molecule has 2 heterocycles. The van der Waals surface area contributed by atoms with E-state index in [0.29, 0.717) is 23.2 Å². The molecule has 2 N–H and O–H groups in total. The number of aromatic amines is 1. The third kappa shape index (κ3) is 3.88. The van der Waals surface area contributed by atoms with Gasteiger partial charge in [-0.15, -0.1) is 10.2 Å². The summed E-state index contributed by atoms with van der Waals surface area (Å²) in [6, 6.07) is 22.5. The number of aromatic nitrogens is 4. The maximum Gasteiger partial charge on any atom is 0.251 e. The van der Waals surface area contributed by atoms with Crippen LogP contribution in [0.5, 0.6) is 0 Å². The van der Waals surface area contributed by atoms with Crippen LogP contribution >= 0.6 is 0 Å². The Kier molecular flexibility index (Phi) is 4.99. The van der Waals surface area contributed by atoms with E-state index in [4.69, 9.17) is 4.42 Å². The number of rotatable bonds is 5. The van der Waals surface area contributed by atoms with E-state index in [-0.39, 0.29) is 11.9 Å². The summed E-state index contributed by atoms with van der Waals surface area (Å²) in [5, 5.41) is 11.3. The van der Waals surface area contributed by atoms with Crippen LogP contribution in [0, 0.1) is 6.92 Å². The van der Waals surface area contributed by atoms with Gasteiger partial charge in [0.15, 0.2) is 0 Å². The molecule has 0 fully saturated rings. The van der Waals surface area contributed by atoms with Gasteiger partial charge in [-0.3, -0.25) is 4.79 Å². The van der Waals surface area contributed by atoms with Crippen LogP contribution < -0.4 is 5.32 Å². The van der Waals surface area contributed by atoms with Crippen molar-refractivity contribution < 1.29 is 9.21 Å². The molecule has 0 aliphatic carbocycles. The molecule has 0 saturated heterocycles. The minimum atomic E-state index is -0.261. The minimum absolute atomic E-state index is 0.185. The van der Waals surface area contributed by atoms with Crippen LogP contribution in [0.15, 0.2) is 77.2 Å². The molecule has 0 radical (unpaired) electrons. The first-order valence-corrected chi connectivity index (χ1v) is 10.3. The summed E-state index contributed by atoms with van der Waals surface area (Å²) in [5.74, 6) is 1.39. The number of aryl methyl sites for hydroxylation is 1. The van der Waals surface area contributed by atoms with Crippen molar-refractivity contribution in [1.29, 1.82) is 0 Å². The molecule has 2 aromatic heterocycles. The predicted octanol–water partition coefficient (Wildman–Crippen LogP) is 5.08. The zero-order valence-corrected chi connectivity index (χ0v) is 17.7. The number of benzene rings is 3. The van der Waals surface area contributed by atoms with Gasteiger partial charge in [0.1, 0.15) is 5.82 Å².